The number of sulfonamides is 1. The van der Waals surface area contributed by atoms with Gasteiger partial charge in [0.2, 0.25) is 0 Å². The summed E-state index contributed by atoms with van der Waals surface area (Å²) in [4.78, 5) is 35.4. The number of esters is 2. The van der Waals surface area contributed by atoms with Crippen molar-refractivity contribution in [3.05, 3.63) is 29.8 Å². The quantitative estimate of drug-likeness (QED) is 0.541. The van der Waals surface area contributed by atoms with Crippen LogP contribution in [0.2, 0.25) is 0 Å². The maximum Gasteiger partial charge on any atom is 0.424 e. The second-order valence-corrected chi connectivity index (χ2v) is 8.64. The number of aryl methyl sites for hydroxylation is 1. The van der Waals surface area contributed by atoms with Gasteiger partial charge in [0.05, 0.1) is 4.90 Å². The molecule has 1 aliphatic carbocycles. The Bertz CT molecular complexity index is 895. The van der Waals surface area contributed by atoms with Gasteiger partial charge in [0.25, 0.3) is 10.0 Å². The predicted molar refractivity (Wildman–Crippen MR) is 94.6 cm³/mol. The lowest BCUT2D eigenvalue weighted by Crippen LogP contribution is -2.57. The van der Waals surface area contributed by atoms with Gasteiger partial charge in [0.1, 0.15) is 18.2 Å². The molecule has 0 radical (unpaired) electrons. The number of rotatable bonds is 4. The lowest BCUT2D eigenvalue weighted by Gasteiger charge is -2.38. The molecular formula is C18H21NO8S. The Balaban J connectivity index is 2.02. The molecule has 152 valence electrons. The SMILES string of the molecule is CC(=O)O[C@@H]1[C@@H]2[C@H](CC[C@@H]1OC(C)=O)OC(=O)N2S(=O)(=O)c1ccc(C)cc1. The van der Waals surface area contributed by atoms with Crippen LogP contribution in [0.1, 0.15) is 32.3 Å². The molecule has 0 spiro atoms. The number of carbonyl (C=O) groups is 3. The van der Waals surface area contributed by atoms with Crippen molar-refractivity contribution in [3.8, 4) is 0 Å². The number of nitrogens with zero attached hydrogens (tertiary/aromatic N) is 1. The molecule has 2 aliphatic rings. The van der Waals surface area contributed by atoms with Gasteiger partial charge in [0, 0.05) is 13.8 Å². The summed E-state index contributed by atoms with van der Waals surface area (Å²) in [6.45, 7) is 4.16. The van der Waals surface area contributed by atoms with Gasteiger partial charge in [-0.3, -0.25) is 9.59 Å². The number of fused-ring (bicyclic) bond motifs is 1. The summed E-state index contributed by atoms with van der Waals surface area (Å²) < 4.78 is 42.7. The van der Waals surface area contributed by atoms with Crippen LogP contribution in [0.4, 0.5) is 4.79 Å². The molecule has 1 saturated carbocycles. The van der Waals surface area contributed by atoms with Gasteiger partial charge in [0.15, 0.2) is 6.10 Å². The Hall–Kier alpha value is -2.62. The topological polar surface area (TPSA) is 116 Å². The molecule has 4 atom stereocenters. The molecule has 1 amide bonds. The van der Waals surface area contributed by atoms with Gasteiger partial charge < -0.3 is 14.2 Å². The van der Waals surface area contributed by atoms with Gasteiger partial charge in [-0.1, -0.05) is 17.7 Å². The summed E-state index contributed by atoms with van der Waals surface area (Å²) in [5, 5.41) is 0. The van der Waals surface area contributed by atoms with Crippen molar-refractivity contribution in [2.45, 2.75) is 62.9 Å². The second-order valence-electron chi connectivity index (χ2n) is 6.83. The summed E-state index contributed by atoms with van der Waals surface area (Å²) in [6.07, 6.45) is -3.35. The normalized spacial score (nSPS) is 27.0. The Morgan fingerprint density at radius 3 is 2.25 bits per heavy atom. The smallest absolute Gasteiger partial charge is 0.424 e. The molecule has 3 rings (SSSR count). The highest BCUT2D eigenvalue weighted by molar-refractivity contribution is 7.89. The highest BCUT2D eigenvalue weighted by atomic mass is 32.2. The fraction of sp³-hybridized carbons (Fsp3) is 0.500. The number of hydrogen-bond donors (Lipinski definition) is 0. The molecule has 1 heterocycles. The third kappa shape index (κ3) is 3.68. The van der Waals surface area contributed by atoms with Crippen LogP contribution in [0.5, 0.6) is 0 Å². The number of hydrogen-bond acceptors (Lipinski definition) is 8. The van der Waals surface area contributed by atoms with Gasteiger partial charge in [-0.25, -0.2) is 13.2 Å². The van der Waals surface area contributed by atoms with Crippen LogP contribution in [0.25, 0.3) is 0 Å². The van der Waals surface area contributed by atoms with Crippen molar-refractivity contribution in [2.75, 3.05) is 0 Å². The first-order valence-corrected chi connectivity index (χ1v) is 10.2. The molecule has 0 aromatic heterocycles. The summed E-state index contributed by atoms with van der Waals surface area (Å²) in [7, 11) is -4.27. The monoisotopic (exact) mass is 411 g/mol. The van der Waals surface area contributed by atoms with E-state index in [0.717, 1.165) is 12.5 Å². The van der Waals surface area contributed by atoms with Crippen LogP contribution in [0.15, 0.2) is 29.2 Å². The van der Waals surface area contributed by atoms with Gasteiger partial charge in [-0.2, -0.15) is 4.31 Å². The van der Waals surface area contributed by atoms with Crippen molar-refractivity contribution >= 4 is 28.1 Å². The molecular weight excluding hydrogens is 390 g/mol. The van der Waals surface area contributed by atoms with E-state index in [0.29, 0.717) is 4.31 Å². The van der Waals surface area contributed by atoms with E-state index in [1.807, 2.05) is 0 Å². The summed E-state index contributed by atoms with van der Waals surface area (Å²) in [6, 6.07) is 4.87. The average molecular weight is 411 g/mol. The number of amides is 1. The van der Waals surface area contributed by atoms with Crippen LogP contribution >= 0.6 is 0 Å². The van der Waals surface area contributed by atoms with Crippen molar-refractivity contribution in [1.29, 1.82) is 0 Å². The molecule has 28 heavy (non-hydrogen) atoms. The third-order valence-corrected chi connectivity index (χ3v) is 6.50. The molecule has 1 saturated heterocycles. The molecule has 9 nitrogen and oxygen atoms in total. The predicted octanol–water partition coefficient (Wildman–Crippen LogP) is 1.53. The maximum atomic E-state index is 13.1. The van der Waals surface area contributed by atoms with E-state index in [4.69, 9.17) is 14.2 Å². The van der Waals surface area contributed by atoms with Crippen molar-refractivity contribution in [1.82, 2.24) is 4.31 Å². The zero-order chi connectivity index (χ0) is 20.6. The molecule has 1 aromatic carbocycles. The highest BCUT2D eigenvalue weighted by Gasteiger charge is 2.58. The Morgan fingerprint density at radius 2 is 1.68 bits per heavy atom. The van der Waals surface area contributed by atoms with Crippen molar-refractivity contribution in [2.24, 2.45) is 0 Å². The van der Waals surface area contributed by atoms with Gasteiger partial charge >= 0.3 is 18.0 Å². The van der Waals surface area contributed by atoms with Crippen LogP contribution in [0, 0.1) is 6.92 Å². The lowest BCUT2D eigenvalue weighted by molar-refractivity contribution is -0.175. The zero-order valence-electron chi connectivity index (χ0n) is 15.7. The number of ether oxygens (including phenoxy) is 3. The van der Waals surface area contributed by atoms with Crippen molar-refractivity contribution in [3.63, 3.8) is 0 Å². The summed E-state index contributed by atoms with van der Waals surface area (Å²) in [5.41, 5.74) is 0.853. The van der Waals surface area contributed by atoms with Crippen molar-refractivity contribution < 1.29 is 37.0 Å². The molecule has 2 fully saturated rings. The van der Waals surface area contributed by atoms with E-state index in [2.05, 4.69) is 0 Å². The van der Waals surface area contributed by atoms with E-state index in [-0.39, 0.29) is 17.7 Å². The largest absolute Gasteiger partial charge is 0.459 e. The molecule has 1 aromatic rings. The minimum Gasteiger partial charge on any atom is -0.459 e. The van der Waals surface area contributed by atoms with Crippen LogP contribution in [-0.4, -0.2) is 55.1 Å². The number of carbonyl (C=O) groups excluding carboxylic acids is 3. The second kappa shape index (κ2) is 7.42. The Morgan fingerprint density at radius 1 is 1.07 bits per heavy atom. The fourth-order valence-corrected chi connectivity index (χ4v) is 5.09. The number of benzene rings is 1. The molecule has 0 bridgehead atoms. The minimum atomic E-state index is -4.27. The minimum absolute atomic E-state index is 0.0908. The maximum absolute atomic E-state index is 13.1. The standard InChI is InChI=1S/C18H21NO8S/c1-10-4-6-13(7-5-10)28(23,24)19-16-14(27-18(19)22)8-9-15(25-11(2)20)17(16)26-12(3)21/h4-7,14-17H,8-9H2,1-3H3/t14-,15-,16-,17-/m0/s1. The molecule has 1 aliphatic heterocycles. The van der Waals surface area contributed by atoms with Crippen LogP contribution < -0.4 is 0 Å². The highest BCUT2D eigenvalue weighted by Crippen LogP contribution is 2.38. The van der Waals surface area contributed by atoms with Crippen LogP contribution in [-0.2, 0) is 33.8 Å². The van der Waals surface area contributed by atoms with E-state index in [1.54, 1.807) is 19.1 Å². The molecule has 10 heteroatoms. The lowest BCUT2D eigenvalue weighted by atomic mass is 9.87. The molecule has 0 unspecified atom stereocenters. The fourth-order valence-electron chi connectivity index (χ4n) is 3.57. The van der Waals surface area contributed by atoms with E-state index in [9.17, 15) is 22.8 Å². The first kappa shape index (κ1) is 20.1. The first-order valence-electron chi connectivity index (χ1n) is 8.77. The first-order chi connectivity index (χ1) is 13.1. The summed E-state index contributed by atoms with van der Waals surface area (Å²) in [5.74, 6) is -1.28. The van der Waals surface area contributed by atoms with Gasteiger partial charge in [-0.15, -0.1) is 0 Å². The Labute approximate surface area is 162 Å². The van der Waals surface area contributed by atoms with E-state index >= 15 is 0 Å². The van der Waals surface area contributed by atoms with Gasteiger partial charge in [-0.05, 0) is 31.9 Å². The molecule has 0 N–H and O–H groups in total. The van der Waals surface area contributed by atoms with Crippen LogP contribution in [0.3, 0.4) is 0 Å². The summed E-state index contributed by atoms with van der Waals surface area (Å²) >= 11 is 0. The zero-order valence-corrected chi connectivity index (χ0v) is 16.5. The third-order valence-electron chi connectivity index (χ3n) is 4.72. The van der Waals surface area contributed by atoms with E-state index < -0.39 is 52.4 Å². The average Bonchev–Trinajstić information content (AvgIpc) is 2.93. The Kier molecular flexibility index (Phi) is 5.33. The van der Waals surface area contributed by atoms with E-state index in [1.165, 1.54) is 19.1 Å².